The topological polar surface area (TPSA) is 104 Å². The molecule has 2 rings (SSSR count). The molecule has 106 valence electrons. The van der Waals surface area contributed by atoms with Gasteiger partial charge >= 0.3 is 12.0 Å². The van der Waals surface area contributed by atoms with Crippen LogP contribution in [0.5, 0.6) is 0 Å². The quantitative estimate of drug-likeness (QED) is 0.803. The Morgan fingerprint density at radius 1 is 1.45 bits per heavy atom. The molecule has 0 radical (unpaired) electrons. The van der Waals surface area contributed by atoms with Crippen LogP contribution in [0, 0.1) is 13.8 Å². The molecule has 0 fully saturated rings. The van der Waals surface area contributed by atoms with Crippen molar-refractivity contribution in [2.75, 3.05) is 5.32 Å². The standard InChI is InChI=1S/C12H13N3O4S/c1-6-7(2)19-9(14-6)5-13-12(18)15-10-8(11(16)17)3-4-20-10/h3-4H,5H2,1-2H3,(H,16,17)(H2,13,15,18). The van der Waals surface area contributed by atoms with E-state index in [1.807, 2.05) is 6.92 Å². The van der Waals surface area contributed by atoms with E-state index in [2.05, 4.69) is 15.6 Å². The molecule has 2 aromatic heterocycles. The van der Waals surface area contributed by atoms with Crippen LogP contribution >= 0.6 is 11.3 Å². The summed E-state index contributed by atoms with van der Waals surface area (Å²) in [6.45, 7) is 3.73. The van der Waals surface area contributed by atoms with Crippen LogP contribution in [0.15, 0.2) is 15.9 Å². The zero-order chi connectivity index (χ0) is 14.7. The van der Waals surface area contributed by atoms with Gasteiger partial charge in [0, 0.05) is 0 Å². The number of hydrogen-bond acceptors (Lipinski definition) is 5. The molecule has 0 bridgehead atoms. The van der Waals surface area contributed by atoms with E-state index in [0.717, 1.165) is 17.0 Å². The molecule has 2 aromatic rings. The highest BCUT2D eigenvalue weighted by atomic mass is 32.1. The molecule has 8 heteroatoms. The van der Waals surface area contributed by atoms with Crippen molar-refractivity contribution < 1.29 is 19.1 Å². The van der Waals surface area contributed by atoms with Crippen LogP contribution < -0.4 is 10.6 Å². The number of carboxylic acids is 1. The Labute approximate surface area is 118 Å². The van der Waals surface area contributed by atoms with E-state index in [0.29, 0.717) is 11.7 Å². The third-order valence-corrected chi connectivity index (χ3v) is 3.43. The summed E-state index contributed by atoms with van der Waals surface area (Å²) < 4.78 is 5.32. The van der Waals surface area contributed by atoms with Crippen LogP contribution in [0.4, 0.5) is 9.80 Å². The predicted molar refractivity (Wildman–Crippen MR) is 73.1 cm³/mol. The number of thiophene rings is 1. The molecule has 0 unspecified atom stereocenters. The molecule has 20 heavy (non-hydrogen) atoms. The molecule has 3 N–H and O–H groups in total. The zero-order valence-electron chi connectivity index (χ0n) is 10.9. The summed E-state index contributed by atoms with van der Waals surface area (Å²) in [5, 5.41) is 15.8. The summed E-state index contributed by atoms with van der Waals surface area (Å²) in [5.41, 5.74) is 0.835. The number of nitrogens with one attached hydrogen (secondary N) is 2. The van der Waals surface area contributed by atoms with Gasteiger partial charge in [0.2, 0.25) is 5.89 Å². The van der Waals surface area contributed by atoms with Crippen molar-refractivity contribution in [2.45, 2.75) is 20.4 Å². The highest BCUT2D eigenvalue weighted by Crippen LogP contribution is 2.22. The van der Waals surface area contributed by atoms with Gasteiger partial charge in [-0.1, -0.05) is 0 Å². The lowest BCUT2D eigenvalue weighted by Crippen LogP contribution is -2.28. The summed E-state index contributed by atoms with van der Waals surface area (Å²) in [6, 6.07) is 0.923. The summed E-state index contributed by atoms with van der Waals surface area (Å²) >= 11 is 1.14. The van der Waals surface area contributed by atoms with Crippen LogP contribution in [0.2, 0.25) is 0 Å². The molecular formula is C12H13N3O4S. The molecule has 0 aliphatic rings. The van der Waals surface area contributed by atoms with Crippen molar-refractivity contribution in [2.24, 2.45) is 0 Å². The summed E-state index contributed by atoms with van der Waals surface area (Å²) in [6.07, 6.45) is 0. The molecule has 0 atom stereocenters. The van der Waals surface area contributed by atoms with Crippen LogP contribution in [0.3, 0.4) is 0 Å². The number of anilines is 1. The smallest absolute Gasteiger partial charge is 0.338 e. The SMILES string of the molecule is Cc1nc(CNC(=O)Nc2sccc2C(=O)O)oc1C. The van der Waals surface area contributed by atoms with Crippen LogP contribution in [-0.4, -0.2) is 22.1 Å². The predicted octanol–water partition coefficient (Wildman–Crippen LogP) is 2.37. The van der Waals surface area contributed by atoms with Gasteiger partial charge in [0.25, 0.3) is 0 Å². The van der Waals surface area contributed by atoms with Gasteiger partial charge in [-0.05, 0) is 25.3 Å². The first kappa shape index (κ1) is 14.1. The fourth-order valence-electron chi connectivity index (χ4n) is 1.49. The molecule has 0 aromatic carbocycles. The molecule has 0 aliphatic heterocycles. The van der Waals surface area contributed by atoms with E-state index < -0.39 is 12.0 Å². The number of hydrogen-bond donors (Lipinski definition) is 3. The Morgan fingerprint density at radius 3 is 2.80 bits per heavy atom. The van der Waals surface area contributed by atoms with Gasteiger partial charge in [-0.25, -0.2) is 14.6 Å². The number of rotatable bonds is 4. The molecular weight excluding hydrogens is 282 g/mol. The van der Waals surface area contributed by atoms with Gasteiger partial charge in [0.15, 0.2) is 0 Å². The lowest BCUT2D eigenvalue weighted by Gasteiger charge is -2.04. The van der Waals surface area contributed by atoms with Crippen molar-refractivity contribution >= 4 is 28.3 Å². The van der Waals surface area contributed by atoms with Gasteiger partial charge in [-0.2, -0.15) is 0 Å². The first-order valence-corrected chi connectivity index (χ1v) is 6.64. The van der Waals surface area contributed by atoms with Crippen LogP contribution in [0.1, 0.15) is 27.7 Å². The summed E-state index contributed by atoms with van der Waals surface area (Å²) in [7, 11) is 0. The number of aromatic nitrogens is 1. The minimum atomic E-state index is -1.08. The van der Waals surface area contributed by atoms with E-state index in [9.17, 15) is 9.59 Å². The highest BCUT2D eigenvalue weighted by Gasteiger charge is 2.14. The van der Waals surface area contributed by atoms with E-state index in [1.165, 1.54) is 6.07 Å². The molecule has 2 amide bonds. The van der Waals surface area contributed by atoms with Gasteiger partial charge in [0.1, 0.15) is 10.8 Å². The number of carbonyl (C=O) groups excluding carboxylic acids is 1. The lowest BCUT2D eigenvalue weighted by atomic mass is 10.3. The van der Waals surface area contributed by atoms with Crippen LogP contribution in [0.25, 0.3) is 0 Å². The Bertz CT molecular complexity index is 627. The maximum absolute atomic E-state index is 11.7. The average molecular weight is 295 g/mol. The van der Waals surface area contributed by atoms with Gasteiger partial charge < -0.3 is 14.8 Å². The molecule has 0 spiro atoms. The second-order valence-corrected chi connectivity index (χ2v) is 4.94. The minimum Gasteiger partial charge on any atom is -0.478 e. The molecule has 2 heterocycles. The Morgan fingerprint density at radius 2 is 2.20 bits per heavy atom. The normalized spacial score (nSPS) is 10.3. The number of amides is 2. The lowest BCUT2D eigenvalue weighted by molar-refractivity contribution is 0.0698. The van der Waals surface area contributed by atoms with Crippen molar-refractivity contribution in [3.8, 4) is 0 Å². The Kier molecular flexibility index (Phi) is 4.04. The van der Waals surface area contributed by atoms with Crippen molar-refractivity contribution in [1.29, 1.82) is 0 Å². The Hall–Kier alpha value is -2.35. The average Bonchev–Trinajstić information content (AvgIpc) is 2.95. The number of carboxylic acid groups (broad SMARTS) is 1. The number of nitrogens with zero attached hydrogens (tertiary/aromatic N) is 1. The first-order chi connectivity index (χ1) is 9.47. The maximum atomic E-state index is 11.7. The Balaban J connectivity index is 1.92. The fourth-order valence-corrected chi connectivity index (χ4v) is 2.27. The molecule has 0 saturated carbocycles. The number of aryl methyl sites for hydroxylation is 2. The number of carbonyl (C=O) groups is 2. The maximum Gasteiger partial charge on any atom is 0.338 e. The van der Waals surface area contributed by atoms with Crippen LogP contribution in [-0.2, 0) is 6.54 Å². The van der Waals surface area contributed by atoms with E-state index in [-0.39, 0.29) is 17.1 Å². The number of urea groups is 1. The largest absolute Gasteiger partial charge is 0.478 e. The fraction of sp³-hybridized carbons (Fsp3) is 0.250. The number of oxazole rings is 1. The van der Waals surface area contributed by atoms with Gasteiger partial charge in [-0.3, -0.25) is 5.32 Å². The molecule has 7 nitrogen and oxygen atoms in total. The second kappa shape index (κ2) is 5.74. The van der Waals surface area contributed by atoms with E-state index in [1.54, 1.807) is 12.3 Å². The summed E-state index contributed by atoms with van der Waals surface area (Å²) in [5.74, 6) is 0.0221. The zero-order valence-corrected chi connectivity index (χ0v) is 11.7. The minimum absolute atomic E-state index is 0.0629. The number of aromatic carboxylic acids is 1. The van der Waals surface area contributed by atoms with Gasteiger partial charge in [-0.15, -0.1) is 11.3 Å². The van der Waals surface area contributed by atoms with Crippen molar-refractivity contribution in [3.05, 3.63) is 34.4 Å². The first-order valence-electron chi connectivity index (χ1n) is 5.76. The van der Waals surface area contributed by atoms with Gasteiger partial charge in [0.05, 0.1) is 17.8 Å². The molecule has 0 saturated heterocycles. The monoisotopic (exact) mass is 295 g/mol. The third kappa shape index (κ3) is 3.15. The highest BCUT2D eigenvalue weighted by molar-refractivity contribution is 7.14. The van der Waals surface area contributed by atoms with E-state index in [4.69, 9.17) is 9.52 Å². The van der Waals surface area contributed by atoms with Crippen molar-refractivity contribution in [3.63, 3.8) is 0 Å². The van der Waals surface area contributed by atoms with Crippen molar-refractivity contribution in [1.82, 2.24) is 10.3 Å². The third-order valence-electron chi connectivity index (χ3n) is 2.60. The summed E-state index contributed by atoms with van der Waals surface area (Å²) in [4.78, 5) is 26.7. The molecule has 0 aliphatic carbocycles. The van der Waals surface area contributed by atoms with E-state index >= 15 is 0 Å². The second-order valence-electron chi connectivity index (χ2n) is 4.03.